The molecular weight excluding hydrogens is 442 g/mol. The first-order valence-corrected chi connectivity index (χ1v) is 11.7. The SMILES string of the molecule is COc1cc(/C=C/CN2CC(=O)N(Cc3ccccc3)CC(OCc3cccnc3)C2)ccc1O. The van der Waals surface area contributed by atoms with Gasteiger partial charge in [0.25, 0.3) is 0 Å². The Morgan fingerprint density at radius 1 is 1.09 bits per heavy atom. The van der Waals surface area contributed by atoms with E-state index in [1.54, 1.807) is 24.5 Å². The summed E-state index contributed by atoms with van der Waals surface area (Å²) in [4.78, 5) is 21.3. The number of hydrogen-bond donors (Lipinski definition) is 1. The molecule has 2 aromatic carbocycles. The number of ether oxygens (including phenoxy) is 2. The molecule has 35 heavy (non-hydrogen) atoms. The van der Waals surface area contributed by atoms with Gasteiger partial charge in [-0.15, -0.1) is 0 Å². The number of methoxy groups -OCH3 is 1. The van der Waals surface area contributed by atoms with Crippen LogP contribution in [0.2, 0.25) is 0 Å². The smallest absolute Gasteiger partial charge is 0.237 e. The van der Waals surface area contributed by atoms with Crippen LogP contribution < -0.4 is 4.74 Å². The van der Waals surface area contributed by atoms with Crippen molar-refractivity contribution in [3.8, 4) is 11.5 Å². The van der Waals surface area contributed by atoms with Gasteiger partial charge >= 0.3 is 0 Å². The molecule has 1 aliphatic heterocycles. The molecule has 3 aromatic rings. The van der Waals surface area contributed by atoms with E-state index in [4.69, 9.17) is 9.47 Å². The first kappa shape index (κ1) is 24.4. The second-order valence-electron chi connectivity index (χ2n) is 8.58. The van der Waals surface area contributed by atoms with Gasteiger partial charge in [-0.05, 0) is 34.9 Å². The lowest BCUT2D eigenvalue weighted by molar-refractivity contribution is -0.132. The summed E-state index contributed by atoms with van der Waals surface area (Å²) in [5.74, 6) is 0.619. The van der Waals surface area contributed by atoms with Gasteiger partial charge < -0.3 is 19.5 Å². The van der Waals surface area contributed by atoms with E-state index in [9.17, 15) is 9.90 Å². The molecule has 0 aliphatic carbocycles. The maximum absolute atomic E-state index is 13.2. The summed E-state index contributed by atoms with van der Waals surface area (Å²) in [6.07, 6.45) is 7.39. The molecule has 2 heterocycles. The molecular formula is C28H31N3O4. The number of benzene rings is 2. The Balaban J connectivity index is 1.45. The zero-order chi connectivity index (χ0) is 24.5. The van der Waals surface area contributed by atoms with Crippen molar-refractivity contribution in [3.63, 3.8) is 0 Å². The van der Waals surface area contributed by atoms with Gasteiger partial charge in [0.1, 0.15) is 0 Å². The zero-order valence-corrected chi connectivity index (χ0v) is 19.9. The van der Waals surface area contributed by atoms with Crippen molar-refractivity contribution in [3.05, 3.63) is 95.8 Å². The number of aromatic hydroxyl groups is 1. The largest absolute Gasteiger partial charge is 0.504 e. The van der Waals surface area contributed by atoms with Gasteiger partial charge in [-0.25, -0.2) is 0 Å². The summed E-state index contributed by atoms with van der Waals surface area (Å²) >= 11 is 0. The van der Waals surface area contributed by atoms with Crippen LogP contribution in [0.3, 0.4) is 0 Å². The van der Waals surface area contributed by atoms with Crippen molar-refractivity contribution < 1.29 is 19.4 Å². The fraction of sp³-hybridized carbons (Fsp3) is 0.286. The van der Waals surface area contributed by atoms with E-state index in [2.05, 4.69) is 9.88 Å². The van der Waals surface area contributed by atoms with Crippen molar-refractivity contribution in [1.82, 2.24) is 14.8 Å². The van der Waals surface area contributed by atoms with E-state index in [1.165, 1.54) is 7.11 Å². The number of pyridine rings is 1. The molecule has 1 N–H and O–H groups in total. The molecule has 4 rings (SSSR count). The molecule has 1 atom stereocenters. The van der Waals surface area contributed by atoms with Gasteiger partial charge in [-0.3, -0.25) is 14.7 Å². The Morgan fingerprint density at radius 2 is 1.91 bits per heavy atom. The maximum Gasteiger partial charge on any atom is 0.237 e. The second-order valence-corrected chi connectivity index (χ2v) is 8.58. The molecule has 7 heteroatoms. The van der Waals surface area contributed by atoms with Crippen molar-refractivity contribution in [2.24, 2.45) is 0 Å². The highest BCUT2D eigenvalue weighted by atomic mass is 16.5. The number of carbonyl (C=O) groups is 1. The van der Waals surface area contributed by atoms with Crippen LogP contribution in [0.4, 0.5) is 0 Å². The lowest BCUT2D eigenvalue weighted by Gasteiger charge is -2.25. The molecule has 0 bridgehead atoms. The molecule has 0 radical (unpaired) electrons. The van der Waals surface area contributed by atoms with Gasteiger partial charge in [0, 0.05) is 38.6 Å². The van der Waals surface area contributed by atoms with Crippen LogP contribution in [-0.2, 0) is 22.7 Å². The number of rotatable bonds is 9. The van der Waals surface area contributed by atoms with Crippen molar-refractivity contribution in [2.75, 3.05) is 33.3 Å². The number of phenols is 1. The maximum atomic E-state index is 13.2. The van der Waals surface area contributed by atoms with Crippen LogP contribution in [0.5, 0.6) is 11.5 Å². The Hall–Kier alpha value is -3.68. The molecule has 1 aromatic heterocycles. The predicted octanol–water partition coefficient (Wildman–Crippen LogP) is 3.74. The predicted molar refractivity (Wildman–Crippen MR) is 135 cm³/mol. The molecule has 7 nitrogen and oxygen atoms in total. The topological polar surface area (TPSA) is 75.1 Å². The summed E-state index contributed by atoms with van der Waals surface area (Å²) in [5, 5.41) is 9.80. The summed E-state index contributed by atoms with van der Waals surface area (Å²) in [6, 6.07) is 19.1. The second kappa shape index (κ2) is 12.1. The minimum absolute atomic E-state index is 0.0843. The average molecular weight is 474 g/mol. The van der Waals surface area contributed by atoms with Gasteiger partial charge in [-0.1, -0.05) is 54.6 Å². The average Bonchev–Trinajstić information content (AvgIpc) is 3.03. The van der Waals surface area contributed by atoms with E-state index in [1.807, 2.05) is 65.6 Å². The van der Waals surface area contributed by atoms with Crippen LogP contribution in [0, 0.1) is 0 Å². The number of carbonyl (C=O) groups excluding carboxylic acids is 1. The molecule has 182 valence electrons. The highest BCUT2D eigenvalue weighted by Crippen LogP contribution is 2.26. The summed E-state index contributed by atoms with van der Waals surface area (Å²) in [7, 11) is 1.53. The quantitative estimate of drug-likeness (QED) is 0.510. The van der Waals surface area contributed by atoms with Crippen molar-refractivity contribution in [2.45, 2.75) is 19.3 Å². The van der Waals surface area contributed by atoms with Crippen LogP contribution in [-0.4, -0.2) is 65.2 Å². The molecule has 1 fully saturated rings. The zero-order valence-electron chi connectivity index (χ0n) is 19.9. The fourth-order valence-corrected chi connectivity index (χ4v) is 4.08. The first-order chi connectivity index (χ1) is 17.1. The van der Waals surface area contributed by atoms with Gasteiger partial charge in [0.2, 0.25) is 5.91 Å². The van der Waals surface area contributed by atoms with E-state index in [-0.39, 0.29) is 17.8 Å². The van der Waals surface area contributed by atoms with Crippen LogP contribution >= 0.6 is 0 Å². The Labute approximate surface area is 206 Å². The van der Waals surface area contributed by atoms with Gasteiger partial charge in [0.15, 0.2) is 11.5 Å². The Kier molecular flexibility index (Phi) is 8.48. The minimum Gasteiger partial charge on any atom is -0.504 e. The fourth-order valence-electron chi connectivity index (χ4n) is 4.08. The van der Waals surface area contributed by atoms with Crippen molar-refractivity contribution >= 4 is 12.0 Å². The molecule has 1 saturated heterocycles. The third-order valence-electron chi connectivity index (χ3n) is 5.90. The third kappa shape index (κ3) is 7.15. The normalized spacial score (nSPS) is 17.0. The Bertz CT molecular complexity index is 1120. The minimum atomic E-state index is -0.132. The monoisotopic (exact) mass is 473 g/mol. The molecule has 1 unspecified atom stereocenters. The molecule has 1 amide bonds. The lowest BCUT2D eigenvalue weighted by Crippen LogP contribution is -2.37. The number of aromatic nitrogens is 1. The summed E-state index contributed by atoms with van der Waals surface area (Å²) in [6.45, 7) is 3.10. The van der Waals surface area contributed by atoms with E-state index in [0.717, 1.165) is 16.7 Å². The highest BCUT2D eigenvalue weighted by molar-refractivity contribution is 5.78. The molecule has 0 spiro atoms. The number of nitrogens with zero attached hydrogens (tertiary/aromatic N) is 3. The van der Waals surface area contributed by atoms with Gasteiger partial charge in [0.05, 0.1) is 26.4 Å². The van der Waals surface area contributed by atoms with Crippen LogP contribution in [0.1, 0.15) is 16.7 Å². The van der Waals surface area contributed by atoms with Crippen LogP contribution in [0.25, 0.3) is 6.08 Å². The number of hydrogen-bond acceptors (Lipinski definition) is 6. The van der Waals surface area contributed by atoms with Crippen LogP contribution in [0.15, 0.2) is 79.1 Å². The van der Waals surface area contributed by atoms with E-state index in [0.29, 0.717) is 45.1 Å². The summed E-state index contributed by atoms with van der Waals surface area (Å²) in [5.41, 5.74) is 3.02. The van der Waals surface area contributed by atoms with Gasteiger partial charge in [-0.2, -0.15) is 0 Å². The third-order valence-corrected chi connectivity index (χ3v) is 5.90. The number of phenolic OH excluding ortho intramolecular Hbond substituents is 1. The number of amides is 1. The standard InChI is InChI=1S/C28H31N3O4/c1-34-27-15-22(11-12-26(27)32)10-6-14-30-18-25(35-21-24-9-5-13-29-16-24)19-31(28(33)20-30)17-23-7-3-2-4-8-23/h2-13,15-16,25,32H,14,17-21H2,1H3/b10-6+. The van der Waals surface area contributed by atoms with Crippen molar-refractivity contribution in [1.29, 1.82) is 0 Å². The highest BCUT2D eigenvalue weighted by Gasteiger charge is 2.28. The lowest BCUT2D eigenvalue weighted by atomic mass is 10.2. The van der Waals surface area contributed by atoms with E-state index >= 15 is 0 Å². The molecule has 0 saturated carbocycles. The Morgan fingerprint density at radius 3 is 2.69 bits per heavy atom. The first-order valence-electron chi connectivity index (χ1n) is 11.7. The molecule has 1 aliphatic rings. The summed E-state index contributed by atoms with van der Waals surface area (Å²) < 4.78 is 11.4. The van der Waals surface area contributed by atoms with E-state index < -0.39 is 0 Å².